The van der Waals surface area contributed by atoms with Crippen LogP contribution in [0, 0.1) is 11.3 Å². The largest absolute Gasteiger partial charge is 0.192 e. The van der Waals surface area contributed by atoms with Crippen LogP contribution < -0.4 is 0 Å². The van der Waals surface area contributed by atoms with E-state index in [9.17, 15) is 0 Å². The van der Waals surface area contributed by atoms with E-state index in [1.54, 1.807) is 0 Å². The molecule has 0 amide bonds. The molecule has 2 aromatic carbocycles. The summed E-state index contributed by atoms with van der Waals surface area (Å²) < 4.78 is 0. The van der Waals surface area contributed by atoms with Crippen molar-refractivity contribution in [3.05, 3.63) is 65.2 Å². The van der Waals surface area contributed by atoms with Crippen molar-refractivity contribution in [2.24, 2.45) is 0 Å². The highest BCUT2D eigenvalue weighted by Gasteiger charge is 1.98. The van der Waals surface area contributed by atoms with Crippen molar-refractivity contribution in [3.8, 4) is 17.2 Å². The van der Waals surface area contributed by atoms with Crippen molar-refractivity contribution in [1.82, 2.24) is 0 Å². The Morgan fingerprint density at radius 1 is 1.00 bits per heavy atom. The van der Waals surface area contributed by atoms with Gasteiger partial charge in [-0.15, -0.1) is 0 Å². The van der Waals surface area contributed by atoms with Gasteiger partial charge in [-0.2, -0.15) is 5.26 Å². The molecule has 0 aliphatic carbocycles. The van der Waals surface area contributed by atoms with E-state index in [1.165, 1.54) is 16.7 Å². The predicted molar refractivity (Wildman–Crippen MR) is 80.5 cm³/mol. The molecule has 2 aromatic rings. The SMILES string of the molecule is CC/C(C)=C/c1ccc(-c2ccc(C#N)cc2)cc1. The molecule has 0 saturated carbocycles. The maximum absolute atomic E-state index is 8.79. The van der Waals surface area contributed by atoms with Crippen molar-refractivity contribution < 1.29 is 0 Å². The molecule has 0 bridgehead atoms. The van der Waals surface area contributed by atoms with Crippen molar-refractivity contribution in [3.63, 3.8) is 0 Å². The second-order valence-corrected chi connectivity index (χ2v) is 4.66. The third-order valence-corrected chi connectivity index (χ3v) is 3.23. The lowest BCUT2D eigenvalue weighted by atomic mass is 10.0. The van der Waals surface area contributed by atoms with E-state index in [0.717, 1.165) is 12.0 Å². The molecule has 1 heteroatoms. The lowest BCUT2D eigenvalue weighted by Gasteiger charge is -2.03. The molecule has 19 heavy (non-hydrogen) atoms. The fraction of sp³-hybridized carbons (Fsp3) is 0.167. The van der Waals surface area contributed by atoms with Crippen LogP contribution in [-0.2, 0) is 0 Å². The Balaban J connectivity index is 2.25. The summed E-state index contributed by atoms with van der Waals surface area (Å²) in [7, 11) is 0. The third kappa shape index (κ3) is 3.33. The smallest absolute Gasteiger partial charge is 0.0991 e. The summed E-state index contributed by atoms with van der Waals surface area (Å²) in [5.74, 6) is 0. The molecule has 0 unspecified atom stereocenters. The van der Waals surface area contributed by atoms with Crippen LogP contribution in [0.15, 0.2) is 54.1 Å². The molecular formula is C18H17N. The summed E-state index contributed by atoms with van der Waals surface area (Å²) in [6.45, 7) is 4.31. The monoisotopic (exact) mass is 247 g/mol. The van der Waals surface area contributed by atoms with E-state index in [-0.39, 0.29) is 0 Å². The van der Waals surface area contributed by atoms with Gasteiger partial charge in [0.1, 0.15) is 0 Å². The topological polar surface area (TPSA) is 23.8 Å². The molecule has 0 aliphatic heterocycles. The highest BCUT2D eigenvalue weighted by Crippen LogP contribution is 2.21. The van der Waals surface area contributed by atoms with E-state index in [2.05, 4.69) is 50.3 Å². The molecule has 0 heterocycles. The Morgan fingerprint density at radius 3 is 2.00 bits per heavy atom. The molecule has 0 saturated heterocycles. The summed E-state index contributed by atoms with van der Waals surface area (Å²) in [4.78, 5) is 0. The van der Waals surface area contributed by atoms with Crippen LogP contribution in [-0.4, -0.2) is 0 Å². The molecule has 0 aliphatic rings. The van der Waals surface area contributed by atoms with Gasteiger partial charge in [-0.25, -0.2) is 0 Å². The van der Waals surface area contributed by atoms with E-state index >= 15 is 0 Å². The summed E-state index contributed by atoms with van der Waals surface area (Å²) in [5.41, 5.74) is 5.63. The normalized spacial score (nSPS) is 11.1. The van der Waals surface area contributed by atoms with Crippen LogP contribution in [0.4, 0.5) is 0 Å². The van der Waals surface area contributed by atoms with Gasteiger partial charge in [0.2, 0.25) is 0 Å². The molecule has 2 rings (SSSR count). The van der Waals surface area contributed by atoms with E-state index < -0.39 is 0 Å². The van der Waals surface area contributed by atoms with Crippen molar-refractivity contribution in [2.75, 3.05) is 0 Å². The number of benzene rings is 2. The van der Waals surface area contributed by atoms with Crippen LogP contribution >= 0.6 is 0 Å². The maximum Gasteiger partial charge on any atom is 0.0991 e. The van der Waals surface area contributed by atoms with E-state index in [0.29, 0.717) is 5.56 Å². The lowest BCUT2D eigenvalue weighted by molar-refractivity contribution is 1.11. The number of nitrogens with zero attached hydrogens (tertiary/aromatic N) is 1. The van der Waals surface area contributed by atoms with Crippen LogP contribution in [0.2, 0.25) is 0 Å². The molecule has 0 N–H and O–H groups in total. The number of allylic oxidation sites excluding steroid dienone is 1. The van der Waals surface area contributed by atoms with Gasteiger partial charge >= 0.3 is 0 Å². The van der Waals surface area contributed by atoms with Gasteiger partial charge in [0, 0.05) is 0 Å². The first-order chi connectivity index (χ1) is 9.22. The Bertz CT molecular complexity index is 610. The Morgan fingerprint density at radius 2 is 1.53 bits per heavy atom. The van der Waals surface area contributed by atoms with Gasteiger partial charge in [-0.1, -0.05) is 55.0 Å². The Kier molecular flexibility index (Phi) is 4.15. The second-order valence-electron chi connectivity index (χ2n) is 4.66. The molecule has 0 fully saturated rings. The lowest BCUT2D eigenvalue weighted by Crippen LogP contribution is -1.80. The first-order valence-corrected chi connectivity index (χ1v) is 6.50. The van der Waals surface area contributed by atoms with Crippen LogP contribution in [0.1, 0.15) is 31.4 Å². The zero-order valence-corrected chi connectivity index (χ0v) is 11.4. The van der Waals surface area contributed by atoms with Gasteiger partial charge in [-0.3, -0.25) is 0 Å². The van der Waals surface area contributed by atoms with Crippen LogP contribution in [0.3, 0.4) is 0 Å². The first-order valence-electron chi connectivity index (χ1n) is 6.50. The standard InChI is InChI=1S/C18H17N/c1-3-14(2)12-15-4-8-17(9-5-15)18-10-6-16(13-19)7-11-18/h4-12H,3H2,1-2H3/b14-12+. The summed E-state index contributed by atoms with van der Waals surface area (Å²) in [5, 5.41) is 8.79. The minimum absolute atomic E-state index is 0.696. The predicted octanol–water partition coefficient (Wildman–Crippen LogP) is 5.04. The quantitative estimate of drug-likeness (QED) is 0.745. The second kappa shape index (κ2) is 6.02. The number of nitriles is 1. The first kappa shape index (κ1) is 13.1. The van der Waals surface area contributed by atoms with Crippen LogP contribution in [0.5, 0.6) is 0 Å². The highest BCUT2D eigenvalue weighted by atomic mass is 14.2. The van der Waals surface area contributed by atoms with Crippen molar-refractivity contribution in [1.29, 1.82) is 5.26 Å². The number of hydrogen-bond donors (Lipinski definition) is 0. The van der Waals surface area contributed by atoms with Gasteiger partial charge in [-0.05, 0) is 42.2 Å². The van der Waals surface area contributed by atoms with E-state index in [4.69, 9.17) is 5.26 Å². The highest BCUT2D eigenvalue weighted by molar-refractivity contribution is 5.66. The molecule has 94 valence electrons. The zero-order valence-electron chi connectivity index (χ0n) is 11.4. The van der Waals surface area contributed by atoms with Crippen molar-refractivity contribution in [2.45, 2.75) is 20.3 Å². The molecule has 0 radical (unpaired) electrons. The number of rotatable bonds is 3. The van der Waals surface area contributed by atoms with Gasteiger partial charge < -0.3 is 0 Å². The third-order valence-electron chi connectivity index (χ3n) is 3.23. The molecular weight excluding hydrogens is 230 g/mol. The molecule has 0 atom stereocenters. The Labute approximate surface area is 114 Å². The van der Waals surface area contributed by atoms with Gasteiger partial charge in [0.15, 0.2) is 0 Å². The fourth-order valence-corrected chi connectivity index (χ4v) is 1.90. The maximum atomic E-state index is 8.79. The van der Waals surface area contributed by atoms with Gasteiger partial charge in [0.05, 0.1) is 11.6 Å². The van der Waals surface area contributed by atoms with Gasteiger partial charge in [0.25, 0.3) is 0 Å². The average Bonchev–Trinajstić information content (AvgIpc) is 2.48. The minimum atomic E-state index is 0.696. The summed E-state index contributed by atoms with van der Waals surface area (Å²) in [6.07, 6.45) is 3.29. The molecule has 0 spiro atoms. The minimum Gasteiger partial charge on any atom is -0.192 e. The zero-order chi connectivity index (χ0) is 13.7. The Hall–Kier alpha value is -2.33. The average molecular weight is 247 g/mol. The molecule has 1 nitrogen and oxygen atoms in total. The van der Waals surface area contributed by atoms with Crippen molar-refractivity contribution >= 4 is 6.08 Å². The van der Waals surface area contributed by atoms with Crippen LogP contribution in [0.25, 0.3) is 17.2 Å². The fourth-order valence-electron chi connectivity index (χ4n) is 1.90. The van der Waals surface area contributed by atoms with E-state index in [1.807, 2.05) is 24.3 Å². The molecule has 0 aromatic heterocycles. The summed E-state index contributed by atoms with van der Waals surface area (Å²) >= 11 is 0. The number of hydrogen-bond acceptors (Lipinski definition) is 1. The summed E-state index contributed by atoms with van der Waals surface area (Å²) in [6, 6.07) is 18.3.